The van der Waals surface area contributed by atoms with E-state index in [1.165, 1.54) is 5.56 Å². The van der Waals surface area contributed by atoms with Crippen molar-refractivity contribution in [2.75, 3.05) is 6.61 Å². The van der Waals surface area contributed by atoms with Crippen molar-refractivity contribution in [1.82, 2.24) is 9.99 Å². The number of nitrogens with one attached hydrogen (secondary N) is 1. The van der Waals surface area contributed by atoms with Crippen molar-refractivity contribution in [3.05, 3.63) is 65.9 Å². The molecule has 6 heteroatoms. The molecule has 5 nitrogen and oxygen atoms in total. The van der Waals surface area contributed by atoms with Crippen molar-refractivity contribution in [2.24, 2.45) is 10.8 Å². The number of nitrogens with two attached hydrogens (primary N) is 1. The highest BCUT2D eigenvalue weighted by molar-refractivity contribution is 7.80. The van der Waals surface area contributed by atoms with Gasteiger partial charge in [-0.05, 0) is 41.4 Å². The first-order valence-corrected chi connectivity index (χ1v) is 9.65. The highest BCUT2D eigenvalue weighted by Gasteiger charge is 2.13. The molecule has 0 bridgehead atoms. The molecule has 0 aliphatic heterocycles. The van der Waals surface area contributed by atoms with Crippen LogP contribution in [0.4, 0.5) is 0 Å². The van der Waals surface area contributed by atoms with Gasteiger partial charge in [-0.15, -0.1) is 0 Å². The van der Waals surface area contributed by atoms with Crippen molar-refractivity contribution in [1.29, 1.82) is 0 Å². The summed E-state index contributed by atoms with van der Waals surface area (Å²) in [6.45, 7) is 7.93. The number of aromatic nitrogens is 1. The molecule has 0 saturated heterocycles. The Bertz CT molecular complexity index is 984. The quantitative estimate of drug-likeness (QED) is 0.374. The van der Waals surface area contributed by atoms with E-state index in [9.17, 15) is 0 Å². The van der Waals surface area contributed by atoms with Gasteiger partial charge in [0.1, 0.15) is 12.4 Å². The zero-order valence-corrected chi connectivity index (χ0v) is 17.3. The third kappa shape index (κ3) is 4.89. The molecular weight excluding hydrogens is 368 g/mol. The Kier molecular flexibility index (Phi) is 5.99. The molecule has 146 valence electrons. The second-order valence-corrected chi connectivity index (χ2v) is 8.09. The van der Waals surface area contributed by atoms with Crippen molar-refractivity contribution in [3.63, 3.8) is 0 Å². The van der Waals surface area contributed by atoms with Crippen molar-refractivity contribution >= 4 is 34.4 Å². The van der Waals surface area contributed by atoms with Crippen LogP contribution in [0.25, 0.3) is 10.9 Å². The van der Waals surface area contributed by atoms with E-state index in [1.807, 2.05) is 24.3 Å². The lowest BCUT2D eigenvalue weighted by Crippen LogP contribution is -2.23. The number of thiocarbonyl (C=S) groups is 1. The molecule has 3 rings (SSSR count). The normalized spacial score (nSPS) is 11.8. The standard InChI is InChI=1S/C22H26N4OS/c1-22(2,3)17-8-10-18(11-9-17)27-13-12-26-15-16(14-24-25-21(23)28)19-6-4-5-7-20(19)26/h4-11,14-15H,12-13H2,1-3H3,(H3,23,25,28)/b24-14+. The molecule has 0 fully saturated rings. The largest absolute Gasteiger partial charge is 0.492 e. The maximum absolute atomic E-state index is 5.95. The van der Waals surface area contributed by atoms with Gasteiger partial charge in [0.25, 0.3) is 0 Å². The number of nitrogens with zero attached hydrogens (tertiary/aromatic N) is 2. The fourth-order valence-corrected chi connectivity index (χ4v) is 3.09. The minimum atomic E-state index is 0.142. The van der Waals surface area contributed by atoms with Crippen LogP contribution in [0.5, 0.6) is 5.75 Å². The van der Waals surface area contributed by atoms with Crippen molar-refractivity contribution in [2.45, 2.75) is 32.7 Å². The second-order valence-electron chi connectivity index (χ2n) is 7.65. The smallest absolute Gasteiger partial charge is 0.184 e. The average molecular weight is 395 g/mol. The Hall–Kier alpha value is -2.86. The van der Waals surface area contributed by atoms with Gasteiger partial charge in [0.2, 0.25) is 0 Å². The fraction of sp³-hybridized carbons (Fsp3) is 0.273. The van der Waals surface area contributed by atoms with Gasteiger partial charge in [-0.3, -0.25) is 5.43 Å². The Balaban J connectivity index is 1.69. The molecule has 0 unspecified atom stereocenters. The number of fused-ring (bicyclic) bond motifs is 1. The highest BCUT2D eigenvalue weighted by atomic mass is 32.1. The third-order valence-corrected chi connectivity index (χ3v) is 4.61. The summed E-state index contributed by atoms with van der Waals surface area (Å²) in [6.07, 6.45) is 3.78. The van der Waals surface area contributed by atoms with Gasteiger partial charge in [-0.25, -0.2) is 0 Å². The van der Waals surface area contributed by atoms with Crippen LogP contribution in [0.1, 0.15) is 31.9 Å². The molecule has 0 saturated carbocycles. The maximum Gasteiger partial charge on any atom is 0.184 e. The topological polar surface area (TPSA) is 64.6 Å². The Morgan fingerprint density at radius 2 is 1.89 bits per heavy atom. The third-order valence-electron chi connectivity index (χ3n) is 4.52. The van der Waals surface area contributed by atoms with Crippen LogP contribution in [0.2, 0.25) is 0 Å². The molecule has 2 aromatic carbocycles. The number of hydrazone groups is 1. The number of para-hydroxylation sites is 1. The van der Waals surface area contributed by atoms with Crippen LogP contribution < -0.4 is 15.9 Å². The zero-order valence-electron chi connectivity index (χ0n) is 16.5. The predicted molar refractivity (Wildman–Crippen MR) is 120 cm³/mol. The molecule has 1 aromatic heterocycles. The summed E-state index contributed by atoms with van der Waals surface area (Å²) < 4.78 is 8.12. The molecule has 1 heterocycles. The van der Waals surface area contributed by atoms with E-state index in [1.54, 1.807) is 6.21 Å². The Morgan fingerprint density at radius 3 is 2.57 bits per heavy atom. The minimum Gasteiger partial charge on any atom is -0.492 e. The number of hydrogen-bond acceptors (Lipinski definition) is 3. The molecular formula is C22H26N4OS. The lowest BCUT2D eigenvalue weighted by molar-refractivity contribution is 0.300. The number of rotatable bonds is 6. The first-order chi connectivity index (χ1) is 13.3. The van der Waals surface area contributed by atoms with Gasteiger partial charge in [0.15, 0.2) is 5.11 Å². The van der Waals surface area contributed by atoms with Gasteiger partial charge in [-0.1, -0.05) is 51.1 Å². The lowest BCUT2D eigenvalue weighted by Gasteiger charge is -2.19. The average Bonchev–Trinajstić information content (AvgIpc) is 2.99. The summed E-state index contributed by atoms with van der Waals surface area (Å²) in [5, 5.41) is 5.34. The highest BCUT2D eigenvalue weighted by Crippen LogP contribution is 2.24. The van der Waals surface area contributed by atoms with E-state index in [4.69, 9.17) is 22.7 Å². The minimum absolute atomic E-state index is 0.142. The molecule has 3 N–H and O–H groups in total. The molecule has 0 radical (unpaired) electrons. The predicted octanol–water partition coefficient (Wildman–Crippen LogP) is 4.18. The van der Waals surface area contributed by atoms with Crippen molar-refractivity contribution in [3.8, 4) is 5.75 Å². The van der Waals surface area contributed by atoms with Gasteiger partial charge in [0, 0.05) is 22.7 Å². The second kappa shape index (κ2) is 8.44. The van der Waals surface area contributed by atoms with Gasteiger partial charge in [-0.2, -0.15) is 5.10 Å². The molecule has 0 spiro atoms. The van der Waals surface area contributed by atoms with Gasteiger partial charge >= 0.3 is 0 Å². The summed E-state index contributed by atoms with van der Waals surface area (Å²) in [4.78, 5) is 0. The molecule has 0 aliphatic carbocycles. The summed E-state index contributed by atoms with van der Waals surface area (Å²) in [5.74, 6) is 0.881. The number of hydrogen-bond donors (Lipinski definition) is 2. The number of benzene rings is 2. The molecule has 3 aromatic rings. The van der Waals surface area contributed by atoms with E-state index in [0.29, 0.717) is 6.61 Å². The van der Waals surface area contributed by atoms with E-state index < -0.39 is 0 Å². The van der Waals surface area contributed by atoms with E-state index in [2.05, 4.69) is 66.3 Å². The van der Waals surface area contributed by atoms with Crippen LogP contribution >= 0.6 is 12.2 Å². The van der Waals surface area contributed by atoms with E-state index >= 15 is 0 Å². The molecule has 0 aliphatic rings. The number of ether oxygens (including phenoxy) is 1. The monoisotopic (exact) mass is 394 g/mol. The van der Waals surface area contributed by atoms with Gasteiger partial charge < -0.3 is 15.0 Å². The van der Waals surface area contributed by atoms with E-state index in [0.717, 1.165) is 28.8 Å². The first kappa shape index (κ1) is 19.9. The molecule has 28 heavy (non-hydrogen) atoms. The fourth-order valence-electron chi connectivity index (χ4n) is 3.04. The summed E-state index contributed by atoms with van der Waals surface area (Å²) in [5.41, 5.74) is 11.6. The Labute approximate surface area is 171 Å². The van der Waals surface area contributed by atoms with Crippen LogP contribution in [-0.4, -0.2) is 22.5 Å². The zero-order chi connectivity index (χ0) is 20.1. The lowest BCUT2D eigenvalue weighted by atomic mass is 9.87. The first-order valence-electron chi connectivity index (χ1n) is 9.24. The molecule has 0 amide bonds. The van der Waals surface area contributed by atoms with Crippen LogP contribution in [0.3, 0.4) is 0 Å². The van der Waals surface area contributed by atoms with Crippen LogP contribution in [-0.2, 0) is 12.0 Å². The SMILES string of the molecule is CC(C)(C)c1ccc(OCCn2cc(/C=N/NC(N)=S)c3ccccc32)cc1. The van der Waals surface area contributed by atoms with Crippen LogP contribution in [0.15, 0.2) is 59.8 Å². The summed E-state index contributed by atoms with van der Waals surface area (Å²) in [6, 6.07) is 16.5. The van der Waals surface area contributed by atoms with Crippen molar-refractivity contribution < 1.29 is 4.74 Å². The van der Waals surface area contributed by atoms with Crippen LogP contribution in [0, 0.1) is 0 Å². The molecule has 0 atom stereocenters. The Morgan fingerprint density at radius 1 is 1.18 bits per heavy atom. The summed E-state index contributed by atoms with van der Waals surface area (Å²) in [7, 11) is 0. The van der Waals surface area contributed by atoms with E-state index in [-0.39, 0.29) is 10.5 Å². The maximum atomic E-state index is 5.95. The summed E-state index contributed by atoms with van der Waals surface area (Å²) >= 11 is 4.78. The van der Waals surface area contributed by atoms with Gasteiger partial charge in [0.05, 0.1) is 12.8 Å².